The van der Waals surface area contributed by atoms with E-state index in [9.17, 15) is 13.6 Å². The van der Waals surface area contributed by atoms with Crippen LogP contribution in [-0.4, -0.2) is 18.2 Å². The molecule has 0 heterocycles. The molecule has 0 aliphatic rings. The molecule has 0 saturated carbocycles. The molecule has 94 valence electrons. The summed E-state index contributed by atoms with van der Waals surface area (Å²) in [6.45, 7) is 0. The van der Waals surface area contributed by atoms with Crippen LogP contribution in [0, 0.1) is 11.6 Å². The number of hydrogen-bond acceptors (Lipinski definition) is 2. The second kappa shape index (κ2) is 6.18. The molecule has 1 N–H and O–H groups in total. The van der Waals surface area contributed by atoms with E-state index in [0.717, 1.165) is 12.1 Å². The van der Waals surface area contributed by atoms with E-state index in [0.29, 0.717) is 30.6 Å². The average molecular weight is 244 g/mol. The van der Waals surface area contributed by atoms with Gasteiger partial charge in [0.2, 0.25) is 0 Å². The topological polar surface area (TPSA) is 46.5 Å². The van der Waals surface area contributed by atoms with Crippen LogP contribution in [0.5, 0.6) is 5.75 Å². The molecule has 0 aromatic heterocycles. The van der Waals surface area contributed by atoms with E-state index >= 15 is 0 Å². The zero-order valence-electron chi connectivity index (χ0n) is 9.50. The number of aryl methyl sites for hydroxylation is 1. The van der Waals surface area contributed by atoms with Crippen molar-refractivity contribution in [2.75, 3.05) is 7.11 Å². The van der Waals surface area contributed by atoms with Crippen LogP contribution in [0.4, 0.5) is 8.78 Å². The van der Waals surface area contributed by atoms with Crippen molar-refractivity contribution in [3.8, 4) is 5.75 Å². The summed E-state index contributed by atoms with van der Waals surface area (Å²) >= 11 is 0. The fraction of sp³-hybridized carbons (Fsp3) is 0.417. The van der Waals surface area contributed by atoms with Gasteiger partial charge in [0.25, 0.3) is 0 Å². The van der Waals surface area contributed by atoms with Crippen LogP contribution in [0.3, 0.4) is 0 Å². The number of unbranched alkanes of at least 4 members (excludes halogenated alkanes) is 1. The van der Waals surface area contributed by atoms with Crippen molar-refractivity contribution in [1.82, 2.24) is 0 Å². The van der Waals surface area contributed by atoms with Crippen molar-refractivity contribution in [3.05, 3.63) is 29.3 Å². The van der Waals surface area contributed by atoms with Crippen molar-refractivity contribution in [2.24, 2.45) is 0 Å². The summed E-state index contributed by atoms with van der Waals surface area (Å²) in [5.74, 6) is -2.43. The predicted octanol–water partition coefficient (Wildman–Crippen LogP) is 2.77. The van der Waals surface area contributed by atoms with Gasteiger partial charge < -0.3 is 9.84 Å². The third kappa shape index (κ3) is 4.01. The van der Waals surface area contributed by atoms with Crippen molar-refractivity contribution in [3.63, 3.8) is 0 Å². The molecule has 1 rings (SSSR count). The lowest BCUT2D eigenvalue weighted by molar-refractivity contribution is -0.137. The Hall–Kier alpha value is -1.65. The van der Waals surface area contributed by atoms with Gasteiger partial charge in [-0.2, -0.15) is 0 Å². The molecule has 0 bridgehead atoms. The van der Waals surface area contributed by atoms with Gasteiger partial charge in [-0.05, 0) is 30.9 Å². The molecule has 1 aromatic carbocycles. The fourth-order valence-electron chi connectivity index (χ4n) is 1.55. The second-order valence-electron chi connectivity index (χ2n) is 3.68. The van der Waals surface area contributed by atoms with Gasteiger partial charge in [-0.1, -0.05) is 0 Å². The minimum atomic E-state index is -0.948. The highest BCUT2D eigenvalue weighted by Gasteiger charge is 2.10. The van der Waals surface area contributed by atoms with Gasteiger partial charge in [0, 0.05) is 12.5 Å². The van der Waals surface area contributed by atoms with Gasteiger partial charge in [0.1, 0.15) is 5.75 Å². The average Bonchev–Trinajstić information content (AvgIpc) is 2.28. The Kier molecular flexibility index (Phi) is 4.87. The number of hydrogen-bond donors (Lipinski definition) is 1. The largest absolute Gasteiger partial charge is 0.496 e. The van der Waals surface area contributed by atoms with Gasteiger partial charge in [0.15, 0.2) is 11.6 Å². The molecule has 0 fully saturated rings. The van der Waals surface area contributed by atoms with Crippen molar-refractivity contribution in [2.45, 2.75) is 25.7 Å². The molecule has 0 atom stereocenters. The summed E-state index contributed by atoms with van der Waals surface area (Å²) < 4.78 is 30.9. The number of rotatable bonds is 6. The maximum atomic E-state index is 13.0. The number of carbonyl (C=O) groups is 1. The first-order chi connectivity index (χ1) is 8.04. The number of benzene rings is 1. The molecule has 0 amide bonds. The first-order valence-corrected chi connectivity index (χ1v) is 5.28. The van der Waals surface area contributed by atoms with Crippen LogP contribution in [0.1, 0.15) is 24.8 Å². The van der Waals surface area contributed by atoms with Gasteiger partial charge in [-0.25, -0.2) is 8.78 Å². The number of halogens is 2. The lowest BCUT2D eigenvalue weighted by Crippen LogP contribution is -1.98. The van der Waals surface area contributed by atoms with Crippen LogP contribution in [-0.2, 0) is 11.2 Å². The first-order valence-electron chi connectivity index (χ1n) is 5.28. The number of methoxy groups -OCH3 is 1. The summed E-state index contributed by atoms with van der Waals surface area (Å²) in [5, 5.41) is 8.46. The highest BCUT2D eigenvalue weighted by molar-refractivity contribution is 5.66. The Labute approximate surface area is 98.0 Å². The minimum Gasteiger partial charge on any atom is -0.496 e. The zero-order valence-corrected chi connectivity index (χ0v) is 9.50. The molecule has 3 nitrogen and oxygen atoms in total. The van der Waals surface area contributed by atoms with E-state index in [4.69, 9.17) is 9.84 Å². The molecule has 17 heavy (non-hydrogen) atoms. The Balaban J connectivity index is 2.63. The van der Waals surface area contributed by atoms with E-state index in [-0.39, 0.29) is 6.42 Å². The Morgan fingerprint density at radius 3 is 2.53 bits per heavy atom. The normalized spacial score (nSPS) is 10.3. The van der Waals surface area contributed by atoms with Crippen LogP contribution in [0.2, 0.25) is 0 Å². The van der Waals surface area contributed by atoms with Gasteiger partial charge in [-0.15, -0.1) is 0 Å². The Morgan fingerprint density at radius 2 is 1.94 bits per heavy atom. The summed E-state index contributed by atoms with van der Waals surface area (Å²) in [6.07, 6.45) is 1.63. The lowest BCUT2D eigenvalue weighted by Gasteiger charge is -2.08. The smallest absolute Gasteiger partial charge is 0.303 e. The van der Waals surface area contributed by atoms with E-state index in [1.54, 1.807) is 0 Å². The number of ether oxygens (including phenoxy) is 1. The highest BCUT2D eigenvalue weighted by Crippen LogP contribution is 2.23. The summed E-state index contributed by atoms with van der Waals surface area (Å²) in [7, 11) is 1.38. The minimum absolute atomic E-state index is 0.0754. The van der Waals surface area contributed by atoms with Crippen LogP contribution in [0.25, 0.3) is 0 Å². The van der Waals surface area contributed by atoms with Crippen molar-refractivity contribution in [1.29, 1.82) is 0 Å². The fourth-order valence-corrected chi connectivity index (χ4v) is 1.55. The molecule has 1 aromatic rings. The first kappa shape index (κ1) is 13.4. The van der Waals surface area contributed by atoms with Gasteiger partial charge >= 0.3 is 5.97 Å². The number of carboxylic acids is 1. The van der Waals surface area contributed by atoms with Crippen LogP contribution >= 0.6 is 0 Å². The van der Waals surface area contributed by atoms with E-state index in [2.05, 4.69) is 0 Å². The molecule has 0 aliphatic carbocycles. The molecular formula is C12H14F2O3. The molecule has 0 aliphatic heterocycles. The summed E-state index contributed by atoms with van der Waals surface area (Å²) in [5.41, 5.74) is 0.553. The molecule has 0 saturated heterocycles. The van der Waals surface area contributed by atoms with Gasteiger partial charge in [-0.3, -0.25) is 4.79 Å². The van der Waals surface area contributed by atoms with E-state index in [1.165, 1.54) is 7.11 Å². The van der Waals surface area contributed by atoms with Crippen LogP contribution < -0.4 is 4.74 Å². The lowest BCUT2D eigenvalue weighted by atomic mass is 10.1. The number of aliphatic carboxylic acids is 1. The summed E-state index contributed by atoms with van der Waals surface area (Å²) in [6, 6.07) is 2.09. The quantitative estimate of drug-likeness (QED) is 0.783. The maximum absolute atomic E-state index is 13.0. The van der Waals surface area contributed by atoms with E-state index < -0.39 is 17.6 Å². The SMILES string of the molecule is COc1cc(F)c(F)cc1CCCCC(=O)O. The molecule has 0 radical (unpaired) electrons. The monoisotopic (exact) mass is 244 g/mol. The van der Waals surface area contributed by atoms with Gasteiger partial charge in [0.05, 0.1) is 7.11 Å². The molecular weight excluding hydrogens is 230 g/mol. The summed E-state index contributed by atoms with van der Waals surface area (Å²) in [4.78, 5) is 10.3. The third-order valence-electron chi connectivity index (χ3n) is 2.41. The maximum Gasteiger partial charge on any atom is 0.303 e. The highest BCUT2D eigenvalue weighted by atomic mass is 19.2. The molecule has 5 heteroatoms. The molecule has 0 unspecified atom stereocenters. The Morgan fingerprint density at radius 1 is 1.29 bits per heavy atom. The van der Waals surface area contributed by atoms with E-state index in [1.807, 2.05) is 0 Å². The van der Waals surface area contributed by atoms with Crippen LogP contribution in [0.15, 0.2) is 12.1 Å². The van der Waals surface area contributed by atoms with Crippen molar-refractivity contribution < 1.29 is 23.4 Å². The number of carboxylic acid groups (broad SMARTS) is 1. The standard InChI is InChI=1S/C12H14F2O3/c1-17-11-7-10(14)9(13)6-8(11)4-2-3-5-12(15)16/h6-7H,2-5H2,1H3,(H,15,16). The predicted molar refractivity (Wildman–Crippen MR) is 58.1 cm³/mol. The molecule has 0 spiro atoms. The second-order valence-corrected chi connectivity index (χ2v) is 3.68. The zero-order chi connectivity index (χ0) is 12.8. The van der Waals surface area contributed by atoms with Crippen molar-refractivity contribution >= 4 is 5.97 Å². The Bertz CT molecular complexity index is 405. The third-order valence-corrected chi connectivity index (χ3v) is 2.41.